The summed E-state index contributed by atoms with van der Waals surface area (Å²) in [5.41, 5.74) is 2.18. The minimum absolute atomic E-state index is 0.0983. The fraction of sp³-hybridized carbons (Fsp3) is 0.448. The van der Waals surface area contributed by atoms with E-state index in [1.807, 2.05) is 43.3 Å². The van der Waals surface area contributed by atoms with E-state index >= 15 is 0 Å². The van der Waals surface area contributed by atoms with Gasteiger partial charge in [-0.15, -0.1) is 0 Å². The molecule has 6 N–H and O–H groups in total. The molecule has 0 radical (unpaired) electrons. The Kier molecular flexibility index (Phi) is 11.8. The molecule has 1 fully saturated rings. The van der Waals surface area contributed by atoms with Gasteiger partial charge >= 0.3 is 0 Å². The standard InChI is InChI=1S/C29H38N2O9/c1-18(7-6-10-22(33)31(15-16-32)17-19-8-4-3-5-9-19)26(39-2)20-11-13-21(14-12-20)30-28(37)27-24(35)23(34)25(36)29(38)40-27/h3-9,11-14,18,23-27,29,32,34-36,38H,10,15-17H2,1-2H3,(H,30,37)/b7-6+/t18-,23-,24-,25+,26+,27-,29+/m0/s1. The third-order valence-electron chi connectivity index (χ3n) is 6.76. The van der Waals surface area contributed by atoms with Crippen molar-refractivity contribution in [2.75, 3.05) is 25.6 Å². The first-order valence-corrected chi connectivity index (χ1v) is 13.1. The molecule has 0 spiro atoms. The van der Waals surface area contributed by atoms with E-state index in [9.17, 15) is 35.1 Å². The van der Waals surface area contributed by atoms with Gasteiger partial charge in [0, 0.05) is 38.2 Å². The van der Waals surface area contributed by atoms with Gasteiger partial charge in [-0.25, -0.2) is 0 Å². The number of carbonyl (C=O) groups is 2. The summed E-state index contributed by atoms with van der Waals surface area (Å²) in [6.07, 6.45) is -5.06. The molecule has 1 aliphatic heterocycles. The van der Waals surface area contributed by atoms with Crippen molar-refractivity contribution >= 4 is 17.5 Å². The normalized spacial score (nSPS) is 24.4. The highest BCUT2D eigenvalue weighted by Gasteiger charge is 2.46. The van der Waals surface area contributed by atoms with Gasteiger partial charge in [-0.1, -0.05) is 61.5 Å². The van der Waals surface area contributed by atoms with Crippen LogP contribution in [0.5, 0.6) is 0 Å². The fourth-order valence-corrected chi connectivity index (χ4v) is 4.53. The predicted octanol–water partition coefficient (Wildman–Crippen LogP) is 0.716. The Balaban J connectivity index is 1.57. The van der Waals surface area contributed by atoms with Crippen molar-refractivity contribution < 1.29 is 44.6 Å². The lowest BCUT2D eigenvalue weighted by molar-refractivity contribution is -0.274. The van der Waals surface area contributed by atoms with Crippen molar-refractivity contribution in [1.29, 1.82) is 0 Å². The number of nitrogens with one attached hydrogen (secondary N) is 1. The van der Waals surface area contributed by atoms with Crippen LogP contribution in [0.1, 0.15) is 30.6 Å². The fourth-order valence-electron chi connectivity index (χ4n) is 4.53. The maximum atomic E-state index is 12.8. The number of anilines is 1. The third-order valence-corrected chi connectivity index (χ3v) is 6.76. The van der Waals surface area contributed by atoms with Gasteiger partial charge in [0.2, 0.25) is 5.91 Å². The SMILES string of the molecule is CO[C@@H](c1ccc(NC(=O)[C@H]2O[C@@H](O)[C@H](O)[C@@H](O)[C@@H]2O)cc1)[C@@H](C)/C=C/CC(=O)N(CCO)Cc1ccccc1. The van der Waals surface area contributed by atoms with E-state index < -0.39 is 36.6 Å². The summed E-state index contributed by atoms with van der Waals surface area (Å²) < 4.78 is 10.6. The molecule has 40 heavy (non-hydrogen) atoms. The van der Waals surface area contributed by atoms with E-state index in [2.05, 4.69) is 5.32 Å². The number of rotatable bonds is 12. The molecule has 0 aromatic heterocycles. The summed E-state index contributed by atoms with van der Waals surface area (Å²) in [4.78, 5) is 26.9. The van der Waals surface area contributed by atoms with E-state index in [0.29, 0.717) is 12.2 Å². The van der Waals surface area contributed by atoms with Crippen LogP contribution < -0.4 is 5.32 Å². The molecule has 1 saturated heterocycles. The molecule has 11 heteroatoms. The minimum Gasteiger partial charge on any atom is -0.395 e. The summed E-state index contributed by atoms with van der Waals surface area (Å²) in [5.74, 6) is -0.993. The molecular weight excluding hydrogens is 520 g/mol. The summed E-state index contributed by atoms with van der Waals surface area (Å²) >= 11 is 0. The number of carbonyl (C=O) groups excluding carboxylic acids is 2. The molecule has 1 aliphatic rings. The zero-order valence-corrected chi connectivity index (χ0v) is 22.5. The van der Waals surface area contributed by atoms with Gasteiger partial charge in [-0.2, -0.15) is 0 Å². The van der Waals surface area contributed by atoms with Gasteiger partial charge in [-0.05, 0) is 23.3 Å². The molecule has 0 aliphatic carbocycles. The number of methoxy groups -OCH3 is 1. The number of aliphatic hydroxyl groups is 5. The highest BCUT2D eigenvalue weighted by atomic mass is 16.6. The molecular formula is C29H38N2O9. The first-order chi connectivity index (χ1) is 19.2. The Labute approximate surface area is 233 Å². The Hall–Kier alpha value is -3.16. The molecule has 7 atom stereocenters. The van der Waals surface area contributed by atoms with Gasteiger partial charge in [-0.3, -0.25) is 9.59 Å². The lowest BCUT2D eigenvalue weighted by Gasteiger charge is -2.37. The van der Waals surface area contributed by atoms with Crippen molar-refractivity contribution in [1.82, 2.24) is 4.90 Å². The molecule has 0 unspecified atom stereocenters. The molecule has 3 rings (SSSR count). The lowest BCUT2D eigenvalue weighted by Crippen LogP contribution is -2.60. The molecule has 1 heterocycles. The van der Waals surface area contributed by atoms with Crippen LogP contribution in [0.2, 0.25) is 0 Å². The molecule has 2 aromatic carbocycles. The van der Waals surface area contributed by atoms with Crippen LogP contribution in [0.3, 0.4) is 0 Å². The van der Waals surface area contributed by atoms with Crippen LogP contribution in [-0.2, 0) is 25.6 Å². The second-order valence-electron chi connectivity index (χ2n) is 9.70. The molecule has 0 saturated carbocycles. The Morgan fingerprint density at radius 3 is 2.33 bits per heavy atom. The Bertz CT molecular complexity index is 1110. The smallest absolute Gasteiger partial charge is 0.256 e. The average Bonchev–Trinajstić information content (AvgIpc) is 2.95. The zero-order chi connectivity index (χ0) is 29.2. The maximum Gasteiger partial charge on any atom is 0.256 e. The quantitative estimate of drug-likeness (QED) is 0.206. The summed E-state index contributed by atoms with van der Waals surface area (Å²) in [6.45, 7) is 2.49. The highest BCUT2D eigenvalue weighted by Crippen LogP contribution is 2.28. The highest BCUT2D eigenvalue weighted by molar-refractivity contribution is 5.94. The zero-order valence-electron chi connectivity index (χ0n) is 22.5. The number of ether oxygens (including phenoxy) is 2. The first kappa shape index (κ1) is 31.4. The van der Waals surface area contributed by atoms with Crippen LogP contribution in [0, 0.1) is 5.92 Å². The van der Waals surface area contributed by atoms with Crippen molar-refractivity contribution in [3.8, 4) is 0 Å². The monoisotopic (exact) mass is 558 g/mol. The van der Waals surface area contributed by atoms with E-state index in [4.69, 9.17) is 9.47 Å². The number of amides is 2. The minimum atomic E-state index is -1.81. The molecule has 2 amide bonds. The van der Waals surface area contributed by atoms with Gasteiger partial charge < -0.3 is 45.2 Å². The van der Waals surface area contributed by atoms with Crippen molar-refractivity contribution in [2.45, 2.75) is 56.7 Å². The molecule has 0 bridgehead atoms. The van der Waals surface area contributed by atoms with Crippen molar-refractivity contribution in [2.24, 2.45) is 5.92 Å². The number of aliphatic hydroxyl groups excluding tert-OH is 5. The van der Waals surface area contributed by atoms with Gasteiger partial charge in [0.1, 0.15) is 18.3 Å². The van der Waals surface area contributed by atoms with Gasteiger partial charge in [0.25, 0.3) is 5.91 Å². The summed E-state index contributed by atoms with van der Waals surface area (Å²) in [5, 5.41) is 51.0. The average molecular weight is 559 g/mol. The van der Waals surface area contributed by atoms with Crippen molar-refractivity contribution in [3.63, 3.8) is 0 Å². The van der Waals surface area contributed by atoms with Gasteiger partial charge in [0.05, 0.1) is 12.7 Å². The first-order valence-electron chi connectivity index (χ1n) is 13.1. The number of benzene rings is 2. The maximum absolute atomic E-state index is 12.8. The summed E-state index contributed by atoms with van der Waals surface area (Å²) in [7, 11) is 1.57. The molecule has 2 aromatic rings. The third kappa shape index (κ3) is 8.18. The second kappa shape index (κ2) is 15.0. The number of hydrogen-bond donors (Lipinski definition) is 6. The molecule has 11 nitrogen and oxygen atoms in total. The largest absolute Gasteiger partial charge is 0.395 e. The molecule has 218 valence electrons. The van der Waals surface area contributed by atoms with Gasteiger partial charge in [0.15, 0.2) is 12.4 Å². The van der Waals surface area contributed by atoms with Crippen LogP contribution in [0.4, 0.5) is 5.69 Å². The summed E-state index contributed by atoms with van der Waals surface area (Å²) in [6, 6.07) is 16.4. The lowest BCUT2D eigenvalue weighted by atomic mass is 9.96. The number of hydrogen-bond acceptors (Lipinski definition) is 9. The van der Waals surface area contributed by atoms with Crippen LogP contribution >= 0.6 is 0 Å². The second-order valence-corrected chi connectivity index (χ2v) is 9.70. The van der Waals surface area contributed by atoms with Crippen LogP contribution in [-0.4, -0.2) is 93.2 Å². The Morgan fingerprint density at radius 2 is 1.70 bits per heavy atom. The van der Waals surface area contributed by atoms with E-state index in [0.717, 1.165) is 11.1 Å². The van der Waals surface area contributed by atoms with Crippen LogP contribution in [0.15, 0.2) is 66.7 Å². The van der Waals surface area contributed by atoms with Crippen molar-refractivity contribution in [3.05, 3.63) is 77.9 Å². The predicted molar refractivity (Wildman–Crippen MR) is 146 cm³/mol. The van der Waals surface area contributed by atoms with Crippen LogP contribution in [0.25, 0.3) is 0 Å². The topological polar surface area (TPSA) is 169 Å². The van der Waals surface area contributed by atoms with E-state index in [-0.39, 0.29) is 37.5 Å². The Morgan fingerprint density at radius 1 is 1.02 bits per heavy atom. The van der Waals surface area contributed by atoms with E-state index in [1.165, 1.54) is 0 Å². The van der Waals surface area contributed by atoms with E-state index in [1.54, 1.807) is 42.4 Å². The number of nitrogens with zero attached hydrogens (tertiary/aromatic N) is 1.